The molecular weight excluding hydrogens is 620 g/mol. The normalized spacial score (nSPS) is 15.8. The Labute approximate surface area is 270 Å². The van der Waals surface area contributed by atoms with E-state index in [9.17, 15) is 39.6 Å². The van der Waals surface area contributed by atoms with Crippen LogP contribution in [0.3, 0.4) is 0 Å². The molecule has 2 atom stereocenters. The molecule has 0 amide bonds. The molecule has 4 N–H and O–H groups in total. The molecule has 2 aromatic rings. The van der Waals surface area contributed by atoms with Crippen LogP contribution in [0.2, 0.25) is 0 Å². The number of carboxylic acid groups (broad SMARTS) is 4. The summed E-state index contributed by atoms with van der Waals surface area (Å²) in [7, 11) is 3.06. The van der Waals surface area contributed by atoms with E-state index < -0.39 is 35.7 Å². The van der Waals surface area contributed by atoms with Gasteiger partial charge in [-0.05, 0) is 47.9 Å². The fourth-order valence-corrected chi connectivity index (χ4v) is 4.87. The monoisotopic (exact) mass is 658 g/mol. The number of aliphatic carboxylic acids is 2. The standard InChI is InChI=1S/C33H38O14/c1-19-24(15-23(32(38)39)16-25(19)33(40)41)27-18-28(46-10-8-44-6-4-42-2)26(17-29(27)47-11-9-45-7-5-43-3)20-12-21(30(34)35)14-22(13-20)31(36)37/h12-19,24H,4-11H2,1-3H3,(H,34,35)(H,36,37)(H,38,39)(H,40,41). The Morgan fingerprint density at radius 2 is 1.17 bits per heavy atom. The fraction of sp³-hybridized carbons (Fsp3) is 0.394. The van der Waals surface area contributed by atoms with Crippen molar-refractivity contribution in [2.24, 2.45) is 5.92 Å². The van der Waals surface area contributed by atoms with Crippen molar-refractivity contribution in [3.05, 3.63) is 70.3 Å². The van der Waals surface area contributed by atoms with Gasteiger partial charge in [0.05, 0.1) is 56.3 Å². The second-order valence-electron chi connectivity index (χ2n) is 10.3. The number of benzene rings is 2. The quantitative estimate of drug-likeness (QED) is 0.150. The third-order valence-corrected chi connectivity index (χ3v) is 7.24. The largest absolute Gasteiger partial charge is 0.491 e. The summed E-state index contributed by atoms with van der Waals surface area (Å²) in [5.41, 5.74) is -0.0657. The number of hydrogen-bond donors (Lipinski definition) is 4. The number of methoxy groups -OCH3 is 2. The van der Waals surface area contributed by atoms with Gasteiger partial charge in [-0.25, -0.2) is 19.2 Å². The molecule has 1 aliphatic rings. The van der Waals surface area contributed by atoms with E-state index in [1.807, 2.05) is 0 Å². The highest BCUT2D eigenvalue weighted by atomic mass is 16.5. The fourth-order valence-electron chi connectivity index (χ4n) is 4.87. The van der Waals surface area contributed by atoms with Crippen molar-refractivity contribution in [1.29, 1.82) is 0 Å². The number of ether oxygens (including phenoxy) is 6. The highest BCUT2D eigenvalue weighted by Crippen LogP contribution is 2.45. The summed E-state index contributed by atoms with van der Waals surface area (Å²) in [5, 5.41) is 39.1. The third kappa shape index (κ3) is 10.1. The van der Waals surface area contributed by atoms with Gasteiger partial charge in [0.1, 0.15) is 24.7 Å². The van der Waals surface area contributed by atoms with E-state index in [1.54, 1.807) is 13.0 Å². The van der Waals surface area contributed by atoms with Crippen LogP contribution >= 0.6 is 0 Å². The number of aromatic carboxylic acids is 2. The second-order valence-corrected chi connectivity index (χ2v) is 10.3. The summed E-state index contributed by atoms with van der Waals surface area (Å²) in [6.07, 6.45) is 2.55. The molecule has 254 valence electrons. The smallest absolute Gasteiger partial charge is 0.335 e. The minimum absolute atomic E-state index is 0.0187. The SMILES string of the molecule is COCCOCCOc1cc(C2C=C(C(=O)O)C=C(C(=O)O)C2C)c(OCCOCCOC)cc1-c1cc(C(=O)O)cc(C(=O)O)c1. The maximum atomic E-state index is 12.1. The zero-order chi connectivity index (χ0) is 34.5. The van der Waals surface area contributed by atoms with Crippen molar-refractivity contribution in [3.8, 4) is 22.6 Å². The van der Waals surface area contributed by atoms with Crippen molar-refractivity contribution in [2.45, 2.75) is 12.8 Å². The minimum Gasteiger partial charge on any atom is -0.491 e. The van der Waals surface area contributed by atoms with Gasteiger partial charge < -0.3 is 48.8 Å². The van der Waals surface area contributed by atoms with Crippen molar-refractivity contribution in [2.75, 3.05) is 67.1 Å². The molecule has 0 spiro atoms. The molecular formula is C33H38O14. The van der Waals surface area contributed by atoms with Gasteiger partial charge in [-0.2, -0.15) is 0 Å². The van der Waals surface area contributed by atoms with Crippen LogP contribution in [0.25, 0.3) is 11.1 Å². The summed E-state index contributed by atoms with van der Waals surface area (Å²) < 4.78 is 33.2. The van der Waals surface area contributed by atoms with Crippen LogP contribution in [0.4, 0.5) is 0 Å². The van der Waals surface area contributed by atoms with Gasteiger partial charge in [0, 0.05) is 36.8 Å². The maximum absolute atomic E-state index is 12.1. The van der Waals surface area contributed by atoms with E-state index >= 15 is 0 Å². The van der Waals surface area contributed by atoms with E-state index in [-0.39, 0.29) is 71.3 Å². The van der Waals surface area contributed by atoms with Gasteiger partial charge in [0.15, 0.2) is 0 Å². The van der Waals surface area contributed by atoms with Crippen molar-refractivity contribution in [3.63, 3.8) is 0 Å². The lowest BCUT2D eigenvalue weighted by Gasteiger charge is -2.29. The van der Waals surface area contributed by atoms with Gasteiger partial charge in [-0.3, -0.25) is 0 Å². The van der Waals surface area contributed by atoms with E-state index in [1.165, 1.54) is 38.5 Å². The highest BCUT2D eigenvalue weighted by Gasteiger charge is 2.33. The predicted octanol–water partition coefficient (Wildman–Crippen LogP) is 3.59. The number of carbonyl (C=O) groups is 4. The van der Waals surface area contributed by atoms with Crippen molar-refractivity contribution < 1.29 is 68.0 Å². The zero-order valence-corrected chi connectivity index (χ0v) is 26.2. The third-order valence-electron chi connectivity index (χ3n) is 7.24. The van der Waals surface area contributed by atoms with Crippen molar-refractivity contribution in [1.82, 2.24) is 0 Å². The van der Waals surface area contributed by atoms with E-state index in [0.29, 0.717) is 32.0 Å². The summed E-state index contributed by atoms with van der Waals surface area (Å²) in [6.45, 7) is 3.28. The molecule has 0 saturated carbocycles. The molecule has 14 nitrogen and oxygen atoms in total. The van der Waals surface area contributed by atoms with Crippen LogP contribution in [0.1, 0.15) is 39.1 Å². The van der Waals surface area contributed by atoms with Crippen LogP contribution in [0.15, 0.2) is 53.6 Å². The van der Waals surface area contributed by atoms with E-state index in [4.69, 9.17) is 28.4 Å². The number of carboxylic acids is 4. The molecule has 2 aromatic carbocycles. The summed E-state index contributed by atoms with van der Waals surface area (Å²) >= 11 is 0. The summed E-state index contributed by atoms with van der Waals surface area (Å²) in [6, 6.07) is 6.70. The lowest BCUT2D eigenvalue weighted by atomic mass is 9.76. The molecule has 0 saturated heterocycles. The Morgan fingerprint density at radius 3 is 1.66 bits per heavy atom. The molecule has 0 heterocycles. The zero-order valence-electron chi connectivity index (χ0n) is 26.2. The molecule has 2 unspecified atom stereocenters. The first-order valence-corrected chi connectivity index (χ1v) is 14.6. The van der Waals surface area contributed by atoms with Crippen LogP contribution < -0.4 is 9.47 Å². The lowest BCUT2D eigenvalue weighted by molar-refractivity contribution is -0.133. The van der Waals surface area contributed by atoms with Gasteiger partial charge in [0.25, 0.3) is 0 Å². The molecule has 0 fully saturated rings. The summed E-state index contributed by atoms with van der Waals surface area (Å²) in [4.78, 5) is 48.0. The summed E-state index contributed by atoms with van der Waals surface area (Å²) in [5.74, 6) is -6.45. The molecule has 47 heavy (non-hydrogen) atoms. The number of rotatable bonds is 20. The van der Waals surface area contributed by atoms with Crippen LogP contribution in [-0.4, -0.2) is 111 Å². The average molecular weight is 659 g/mol. The van der Waals surface area contributed by atoms with Gasteiger partial charge in [-0.15, -0.1) is 0 Å². The second kappa shape index (κ2) is 17.8. The van der Waals surface area contributed by atoms with Crippen LogP contribution in [0, 0.1) is 5.92 Å². The van der Waals surface area contributed by atoms with Gasteiger partial charge >= 0.3 is 23.9 Å². The molecule has 14 heteroatoms. The molecule has 0 aliphatic heterocycles. The molecule has 3 rings (SSSR count). The Balaban J connectivity index is 2.21. The molecule has 0 bridgehead atoms. The Morgan fingerprint density at radius 1 is 0.638 bits per heavy atom. The molecule has 0 aromatic heterocycles. The first-order valence-electron chi connectivity index (χ1n) is 14.6. The first kappa shape index (κ1) is 36.7. The van der Waals surface area contributed by atoms with Crippen LogP contribution in [-0.2, 0) is 28.5 Å². The Hall–Kier alpha value is -4.76. The Bertz CT molecular complexity index is 1480. The lowest BCUT2D eigenvalue weighted by Crippen LogP contribution is -2.23. The van der Waals surface area contributed by atoms with Crippen LogP contribution in [0.5, 0.6) is 11.5 Å². The molecule has 1 aliphatic carbocycles. The number of allylic oxidation sites excluding steroid dienone is 1. The van der Waals surface area contributed by atoms with Gasteiger partial charge in [-0.1, -0.05) is 13.0 Å². The number of hydrogen-bond acceptors (Lipinski definition) is 10. The predicted molar refractivity (Wildman–Crippen MR) is 166 cm³/mol. The van der Waals surface area contributed by atoms with E-state index in [0.717, 1.165) is 12.1 Å². The maximum Gasteiger partial charge on any atom is 0.335 e. The first-order chi connectivity index (χ1) is 22.5. The van der Waals surface area contributed by atoms with Gasteiger partial charge in [0.2, 0.25) is 0 Å². The average Bonchev–Trinajstić information content (AvgIpc) is 3.04. The topological polar surface area (TPSA) is 205 Å². The Kier molecular flexibility index (Phi) is 13.9. The van der Waals surface area contributed by atoms with E-state index in [2.05, 4.69) is 0 Å². The van der Waals surface area contributed by atoms with Crippen molar-refractivity contribution >= 4 is 23.9 Å². The minimum atomic E-state index is -1.35. The molecule has 0 radical (unpaired) electrons. The highest BCUT2D eigenvalue weighted by molar-refractivity contribution is 5.97.